The number of halogens is 3. The minimum atomic E-state index is -4.35. The molecule has 5 nitrogen and oxygen atoms in total. The zero-order chi connectivity index (χ0) is 18.2. The highest BCUT2D eigenvalue weighted by atomic mass is 19.4. The lowest BCUT2D eigenvalue weighted by Gasteiger charge is -2.12. The molecule has 0 unspecified atom stereocenters. The monoisotopic (exact) mass is 348 g/mol. The van der Waals surface area contributed by atoms with Crippen molar-refractivity contribution in [2.75, 3.05) is 0 Å². The van der Waals surface area contributed by atoms with Gasteiger partial charge in [-0.25, -0.2) is 9.67 Å². The summed E-state index contributed by atoms with van der Waals surface area (Å²) in [7, 11) is 0. The number of hydrogen-bond acceptors (Lipinski definition) is 3. The summed E-state index contributed by atoms with van der Waals surface area (Å²) in [4.78, 5) is 18.3. The van der Waals surface area contributed by atoms with Gasteiger partial charge >= 0.3 is 6.18 Å². The van der Waals surface area contributed by atoms with E-state index in [0.29, 0.717) is 11.6 Å². The average molecular weight is 348 g/mol. The van der Waals surface area contributed by atoms with Crippen LogP contribution in [0.1, 0.15) is 35.4 Å². The van der Waals surface area contributed by atoms with Crippen molar-refractivity contribution in [2.24, 2.45) is 0 Å². The largest absolute Gasteiger partial charge is 0.416 e. The molecule has 3 aromatic rings. The topological polar surface area (TPSA) is 63.6 Å². The normalized spacial score (nSPS) is 13.0. The Morgan fingerprint density at radius 3 is 2.44 bits per heavy atom. The molecule has 0 aliphatic carbocycles. The average Bonchev–Trinajstić information content (AvgIpc) is 3.02. The fourth-order valence-electron chi connectivity index (χ4n) is 2.52. The van der Waals surface area contributed by atoms with Gasteiger partial charge in [0.05, 0.1) is 11.8 Å². The Morgan fingerprint density at radius 2 is 1.84 bits per heavy atom. The Labute approximate surface area is 141 Å². The van der Waals surface area contributed by atoms with Crippen molar-refractivity contribution in [3.63, 3.8) is 0 Å². The lowest BCUT2D eigenvalue weighted by atomic mass is 9.95. The predicted octanol–water partition coefficient (Wildman–Crippen LogP) is 3.43. The highest BCUT2D eigenvalue weighted by Crippen LogP contribution is 2.31. The molecule has 2 heterocycles. The molecule has 0 bridgehead atoms. The van der Waals surface area contributed by atoms with E-state index in [1.165, 1.54) is 22.9 Å². The SMILES string of the molecule is Cc1nc(-n2cc([C@@H](C)c3ccc(C(F)(F)F)cc3)cn2)cc(=O)[nH]1. The van der Waals surface area contributed by atoms with E-state index in [9.17, 15) is 18.0 Å². The molecule has 2 aromatic heterocycles. The third kappa shape index (κ3) is 3.62. The van der Waals surface area contributed by atoms with Crippen LogP contribution in [0.5, 0.6) is 0 Å². The van der Waals surface area contributed by atoms with Crippen LogP contribution in [-0.2, 0) is 6.18 Å². The molecule has 0 aliphatic heterocycles. The van der Waals surface area contributed by atoms with Gasteiger partial charge in [-0.15, -0.1) is 0 Å². The molecule has 0 fully saturated rings. The minimum Gasteiger partial charge on any atom is -0.311 e. The molecule has 0 amide bonds. The molecule has 3 rings (SSSR count). The van der Waals surface area contributed by atoms with Crippen LogP contribution >= 0.6 is 0 Å². The maximum absolute atomic E-state index is 12.7. The van der Waals surface area contributed by atoms with E-state index in [4.69, 9.17) is 0 Å². The molecule has 1 atom stereocenters. The highest BCUT2D eigenvalue weighted by Gasteiger charge is 2.30. The van der Waals surface area contributed by atoms with Gasteiger partial charge in [0.1, 0.15) is 5.82 Å². The minimum absolute atomic E-state index is 0.154. The maximum Gasteiger partial charge on any atom is 0.416 e. The zero-order valence-corrected chi connectivity index (χ0v) is 13.5. The number of benzene rings is 1. The van der Waals surface area contributed by atoms with Crippen molar-refractivity contribution in [1.29, 1.82) is 0 Å². The van der Waals surface area contributed by atoms with Crippen LogP contribution in [0.2, 0.25) is 0 Å². The molecule has 0 saturated carbocycles. The van der Waals surface area contributed by atoms with Crippen molar-refractivity contribution in [1.82, 2.24) is 19.7 Å². The zero-order valence-electron chi connectivity index (χ0n) is 13.5. The van der Waals surface area contributed by atoms with Crippen molar-refractivity contribution in [3.05, 3.63) is 75.6 Å². The number of hydrogen-bond donors (Lipinski definition) is 1. The molecular weight excluding hydrogens is 333 g/mol. The Kier molecular flexibility index (Phi) is 4.20. The first-order valence-electron chi connectivity index (χ1n) is 7.54. The molecule has 0 spiro atoms. The van der Waals surface area contributed by atoms with Crippen molar-refractivity contribution < 1.29 is 13.2 Å². The highest BCUT2D eigenvalue weighted by molar-refractivity contribution is 5.33. The quantitative estimate of drug-likeness (QED) is 0.789. The third-order valence-corrected chi connectivity index (χ3v) is 3.92. The van der Waals surface area contributed by atoms with Crippen LogP contribution in [0.15, 0.2) is 47.5 Å². The number of nitrogens with one attached hydrogen (secondary N) is 1. The van der Waals surface area contributed by atoms with Gasteiger partial charge in [0.25, 0.3) is 5.56 Å². The van der Waals surface area contributed by atoms with Crippen LogP contribution in [0.25, 0.3) is 5.82 Å². The lowest BCUT2D eigenvalue weighted by molar-refractivity contribution is -0.137. The standard InChI is InChI=1S/C17H15F3N4O/c1-10(12-3-5-14(6-4-12)17(18,19)20)13-8-21-24(9-13)15-7-16(25)23-11(2)22-15/h3-10H,1-2H3,(H,22,23,25)/t10-/m0/s1. The van der Waals surface area contributed by atoms with E-state index in [1.54, 1.807) is 19.3 Å². The van der Waals surface area contributed by atoms with Gasteiger partial charge in [0, 0.05) is 18.2 Å². The Hall–Kier alpha value is -2.90. The summed E-state index contributed by atoms with van der Waals surface area (Å²) in [6, 6.07) is 6.38. The molecule has 0 aliphatic rings. The van der Waals surface area contributed by atoms with Gasteiger partial charge in [-0.3, -0.25) is 4.79 Å². The van der Waals surface area contributed by atoms with Crippen LogP contribution in [-0.4, -0.2) is 19.7 Å². The summed E-state index contributed by atoms with van der Waals surface area (Å²) in [5.74, 6) is 0.696. The van der Waals surface area contributed by atoms with Crippen molar-refractivity contribution in [2.45, 2.75) is 25.9 Å². The number of aryl methyl sites for hydroxylation is 1. The first-order valence-corrected chi connectivity index (χ1v) is 7.54. The summed E-state index contributed by atoms with van der Waals surface area (Å²) in [5, 5.41) is 4.19. The fraction of sp³-hybridized carbons (Fsp3) is 0.235. The van der Waals surface area contributed by atoms with E-state index in [0.717, 1.165) is 23.3 Å². The smallest absolute Gasteiger partial charge is 0.311 e. The number of aromatic amines is 1. The number of nitrogens with zero attached hydrogens (tertiary/aromatic N) is 3. The molecule has 1 N–H and O–H groups in total. The first-order chi connectivity index (χ1) is 11.7. The van der Waals surface area contributed by atoms with Crippen LogP contribution in [0.4, 0.5) is 13.2 Å². The molecule has 130 valence electrons. The molecule has 0 radical (unpaired) electrons. The van der Waals surface area contributed by atoms with Gasteiger partial charge < -0.3 is 4.98 Å². The van der Waals surface area contributed by atoms with E-state index in [1.807, 2.05) is 6.92 Å². The van der Waals surface area contributed by atoms with Gasteiger partial charge in [-0.2, -0.15) is 18.3 Å². The second-order valence-electron chi connectivity index (χ2n) is 5.75. The Bertz CT molecular complexity index is 942. The molecule has 25 heavy (non-hydrogen) atoms. The van der Waals surface area contributed by atoms with E-state index < -0.39 is 11.7 Å². The number of rotatable bonds is 3. The van der Waals surface area contributed by atoms with Gasteiger partial charge in [0.15, 0.2) is 5.82 Å². The number of aromatic nitrogens is 4. The van der Waals surface area contributed by atoms with Crippen molar-refractivity contribution in [3.8, 4) is 5.82 Å². The second-order valence-corrected chi connectivity index (χ2v) is 5.75. The fourth-order valence-corrected chi connectivity index (χ4v) is 2.52. The first kappa shape index (κ1) is 16.9. The molecule has 1 aromatic carbocycles. The van der Waals surface area contributed by atoms with E-state index in [2.05, 4.69) is 15.1 Å². The van der Waals surface area contributed by atoms with Crippen molar-refractivity contribution >= 4 is 0 Å². The Morgan fingerprint density at radius 1 is 1.16 bits per heavy atom. The summed E-state index contributed by atoms with van der Waals surface area (Å²) >= 11 is 0. The number of H-pyrrole nitrogens is 1. The van der Waals surface area contributed by atoms with Crippen LogP contribution in [0, 0.1) is 6.92 Å². The molecular formula is C17H15F3N4O. The third-order valence-electron chi connectivity index (χ3n) is 3.92. The summed E-state index contributed by atoms with van der Waals surface area (Å²) < 4.78 is 39.4. The van der Waals surface area contributed by atoms with E-state index in [-0.39, 0.29) is 11.5 Å². The summed E-state index contributed by atoms with van der Waals surface area (Å²) in [6.07, 6.45) is -1.03. The second kappa shape index (κ2) is 6.19. The number of alkyl halides is 3. The van der Waals surface area contributed by atoms with Gasteiger partial charge in [-0.05, 0) is 30.2 Å². The van der Waals surface area contributed by atoms with Gasteiger partial charge in [0.2, 0.25) is 0 Å². The molecule has 0 saturated heterocycles. The Balaban J connectivity index is 1.87. The van der Waals surface area contributed by atoms with Crippen LogP contribution < -0.4 is 5.56 Å². The summed E-state index contributed by atoms with van der Waals surface area (Å²) in [6.45, 7) is 3.54. The van der Waals surface area contributed by atoms with Gasteiger partial charge in [-0.1, -0.05) is 19.1 Å². The summed E-state index contributed by atoms with van der Waals surface area (Å²) in [5.41, 5.74) is 0.583. The maximum atomic E-state index is 12.7. The van der Waals surface area contributed by atoms with E-state index >= 15 is 0 Å². The lowest BCUT2D eigenvalue weighted by Crippen LogP contribution is -2.12. The molecule has 8 heteroatoms. The predicted molar refractivity (Wildman–Crippen MR) is 85.7 cm³/mol. The van der Waals surface area contributed by atoms with Crippen LogP contribution in [0.3, 0.4) is 0 Å².